The molecule has 1 fully saturated rings. The smallest absolute Gasteiger partial charge is 0.306 e. The number of carbonyl (C=O) groups is 2. The van der Waals surface area contributed by atoms with Gasteiger partial charge >= 0.3 is 5.97 Å². The molecule has 0 heterocycles. The summed E-state index contributed by atoms with van der Waals surface area (Å²) in [4.78, 5) is 22.9. The third-order valence-corrected chi connectivity index (χ3v) is 3.55. The maximum absolute atomic E-state index is 12.0. The highest BCUT2D eigenvalue weighted by atomic mass is 16.5. The molecule has 2 N–H and O–H groups in total. The summed E-state index contributed by atoms with van der Waals surface area (Å²) in [5.41, 5.74) is 0. The van der Waals surface area contributed by atoms with Crippen molar-refractivity contribution in [3.8, 4) is 5.75 Å². The van der Waals surface area contributed by atoms with Gasteiger partial charge in [0.15, 0.2) is 6.10 Å². The summed E-state index contributed by atoms with van der Waals surface area (Å²) in [5.74, 6) is -0.684. The van der Waals surface area contributed by atoms with Crippen molar-refractivity contribution in [1.29, 1.82) is 0 Å². The summed E-state index contributed by atoms with van der Waals surface area (Å²) in [6.45, 7) is 1.69. The maximum Gasteiger partial charge on any atom is 0.306 e. The van der Waals surface area contributed by atoms with Crippen LogP contribution in [0.25, 0.3) is 0 Å². The normalized spacial score (nSPS) is 23.1. The van der Waals surface area contributed by atoms with E-state index < -0.39 is 12.1 Å². The Morgan fingerprint density at radius 3 is 2.60 bits per heavy atom. The van der Waals surface area contributed by atoms with Crippen LogP contribution in [-0.2, 0) is 9.59 Å². The largest absolute Gasteiger partial charge is 0.481 e. The molecular formula is C15H19NO4. The SMILES string of the molecule is CC(Oc1ccccc1)C(=O)N[C@@H]1CC[C@H](C(=O)O)C1. The van der Waals surface area contributed by atoms with Crippen LogP contribution in [0.4, 0.5) is 0 Å². The Labute approximate surface area is 117 Å². The van der Waals surface area contributed by atoms with Crippen LogP contribution in [0.2, 0.25) is 0 Å². The summed E-state index contributed by atoms with van der Waals surface area (Å²) >= 11 is 0. The van der Waals surface area contributed by atoms with Crippen molar-refractivity contribution in [1.82, 2.24) is 5.32 Å². The highest BCUT2D eigenvalue weighted by Gasteiger charge is 2.31. The van der Waals surface area contributed by atoms with E-state index in [0.29, 0.717) is 25.0 Å². The summed E-state index contributed by atoms with van der Waals surface area (Å²) in [6.07, 6.45) is 1.23. The number of nitrogens with one attached hydrogen (secondary N) is 1. The fraction of sp³-hybridized carbons (Fsp3) is 0.467. The molecule has 0 saturated heterocycles. The van der Waals surface area contributed by atoms with Crippen LogP contribution in [0.15, 0.2) is 30.3 Å². The van der Waals surface area contributed by atoms with Crippen molar-refractivity contribution in [2.24, 2.45) is 5.92 Å². The summed E-state index contributed by atoms with van der Waals surface area (Å²) in [7, 11) is 0. The minimum atomic E-state index is -0.782. The Morgan fingerprint density at radius 1 is 1.30 bits per heavy atom. The molecule has 0 spiro atoms. The number of amides is 1. The van der Waals surface area contributed by atoms with E-state index in [1.807, 2.05) is 18.2 Å². The molecule has 2 rings (SSSR count). The monoisotopic (exact) mass is 277 g/mol. The summed E-state index contributed by atoms with van der Waals surface area (Å²) in [5, 5.41) is 11.8. The molecule has 0 radical (unpaired) electrons. The molecule has 1 aliphatic rings. The van der Waals surface area contributed by atoms with Gasteiger partial charge in [0, 0.05) is 6.04 Å². The van der Waals surface area contributed by atoms with E-state index in [4.69, 9.17) is 9.84 Å². The Hall–Kier alpha value is -2.04. The van der Waals surface area contributed by atoms with E-state index in [9.17, 15) is 9.59 Å². The lowest BCUT2D eigenvalue weighted by molar-refractivity contribution is -0.141. The molecular weight excluding hydrogens is 258 g/mol. The van der Waals surface area contributed by atoms with Gasteiger partial charge in [-0.2, -0.15) is 0 Å². The first-order valence-corrected chi connectivity index (χ1v) is 6.81. The van der Waals surface area contributed by atoms with Gasteiger partial charge in [0.1, 0.15) is 5.75 Å². The zero-order valence-electron chi connectivity index (χ0n) is 11.4. The molecule has 3 atom stereocenters. The third-order valence-electron chi connectivity index (χ3n) is 3.55. The first-order chi connectivity index (χ1) is 9.56. The van der Waals surface area contributed by atoms with Crippen LogP contribution in [0.3, 0.4) is 0 Å². The Morgan fingerprint density at radius 2 is 2.00 bits per heavy atom. The number of carboxylic acid groups (broad SMARTS) is 1. The maximum atomic E-state index is 12.0. The first kappa shape index (κ1) is 14.4. The number of rotatable bonds is 5. The molecule has 0 bridgehead atoms. The predicted molar refractivity (Wildman–Crippen MR) is 73.4 cm³/mol. The van der Waals surface area contributed by atoms with Crippen molar-refractivity contribution in [2.75, 3.05) is 0 Å². The third kappa shape index (κ3) is 3.73. The van der Waals surface area contributed by atoms with E-state index in [0.717, 1.165) is 0 Å². The number of hydrogen-bond donors (Lipinski definition) is 2. The first-order valence-electron chi connectivity index (χ1n) is 6.81. The molecule has 5 nitrogen and oxygen atoms in total. The van der Waals surface area contributed by atoms with Gasteiger partial charge < -0.3 is 15.2 Å². The van der Waals surface area contributed by atoms with Gasteiger partial charge in [0.05, 0.1) is 5.92 Å². The van der Waals surface area contributed by atoms with Crippen molar-refractivity contribution < 1.29 is 19.4 Å². The van der Waals surface area contributed by atoms with Crippen molar-refractivity contribution in [3.63, 3.8) is 0 Å². The quantitative estimate of drug-likeness (QED) is 0.861. The molecule has 5 heteroatoms. The highest BCUT2D eigenvalue weighted by molar-refractivity contribution is 5.81. The van der Waals surface area contributed by atoms with E-state index >= 15 is 0 Å². The van der Waals surface area contributed by atoms with E-state index in [1.165, 1.54) is 0 Å². The molecule has 0 aromatic heterocycles. The molecule has 1 aromatic rings. The molecule has 1 unspecified atom stereocenters. The zero-order chi connectivity index (χ0) is 14.5. The average Bonchev–Trinajstić information content (AvgIpc) is 2.88. The molecule has 1 aromatic carbocycles. The lowest BCUT2D eigenvalue weighted by Crippen LogP contribution is -2.41. The highest BCUT2D eigenvalue weighted by Crippen LogP contribution is 2.25. The van der Waals surface area contributed by atoms with Gasteiger partial charge in [0.25, 0.3) is 5.91 Å². The van der Waals surface area contributed by atoms with Gasteiger partial charge in [-0.1, -0.05) is 18.2 Å². The van der Waals surface area contributed by atoms with E-state index in [2.05, 4.69) is 5.32 Å². The Balaban J connectivity index is 1.81. The second-order valence-electron chi connectivity index (χ2n) is 5.13. The van der Waals surface area contributed by atoms with Gasteiger partial charge in [-0.25, -0.2) is 0 Å². The minimum Gasteiger partial charge on any atom is -0.481 e. The number of para-hydroxylation sites is 1. The van der Waals surface area contributed by atoms with Gasteiger partial charge in [-0.15, -0.1) is 0 Å². The summed E-state index contributed by atoms with van der Waals surface area (Å²) in [6, 6.07) is 9.08. The van der Waals surface area contributed by atoms with Crippen LogP contribution in [0.1, 0.15) is 26.2 Å². The van der Waals surface area contributed by atoms with Gasteiger partial charge in [0.2, 0.25) is 0 Å². The second-order valence-corrected chi connectivity index (χ2v) is 5.13. The number of hydrogen-bond acceptors (Lipinski definition) is 3. The van der Waals surface area contributed by atoms with Crippen LogP contribution in [0, 0.1) is 5.92 Å². The fourth-order valence-electron chi connectivity index (χ4n) is 2.41. The molecule has 20 heavy (non-hydrogen) atoms. The predicted octanol–water partition coefficient (Wildman–Crippen LogP) is 1.82. The number of carbonyl (C=O) groups excluding carboxylic acids is 1. The van der Waals surface area contributed by atoms with E-state index in [1.54, 1.807) is 19.1 Å². The van der Waals surface area contributed by atoms with Crippen LogP contribution < -0.4 is 10.1 Å². The Kier molecular flexibility index (Phi) is 4.61. The average molecular weight is 277 g/mol. The van der Waals surface area contributed by atoms with Crippen LogP contribution >= 0.6 is 0 Å². The number of carboxylic acids is 1. The zero-order valence-corrected chi connectivity index (χ0v) is 11.4. The van der Waals surface area contributed by atoms with E-state index in [-0.39, 0.29) is 17.9 Å². The molecule has 1 amide bonds. The Bertz CT molecular complexity index is 474. The summed E-state index contributed by atoms with van der Waals surface area (Å²) < 4.78 is 5.53. The topological polar surface area (TPSA) is 75.6 Å². The molecule has 1 saturated carbocycles. The lowest BCUT2D eigenvalue weighted by Gasteiger charge is -2.18. The van der Waals surface area contributed by atoms with Crippen LogP contribution in [-0.4, -0.2) is 29.1 Å². The van der Waals surface area contributed by atoms with Crippen molar-refractivity contribution in [3.05, 3.63) is 30.3 Å². The molecule has 0 aliphatic heterocycles. The lowest BCUT2D eigenvalue weighted by atomic mass is 10.1. The van der Waals surface area contributed by atoms with Crippen molar-refractivity contribution in [2.45, 2.75) is 38.3 Å². The van der Waals surface area contributed by atoms with Gasteiger partial charge in [-0.05, 0) is 38.3 Å². The van der Waals surface area contributed by atoms with Crippen LogP contribution in [0.5, 0.6) is 5.75 Å². The molecule has 108 valence electrons. The number of benzene rings is 1. The fourth-order valence-corrected chi connectivity index (χ4v) is 2.41. The molecule has 1 aliphatic carbocycles. The standard InChI is InChI=1S/C15H19NO4/c1-10(20-13-5-3-2-4-6-13)14(17)16-12-8-7-11(9-12)15(18)19/h2-6,10-12H,7-9H2,1H3,(H,16,17)(H,18,19)/t10?,11-,12+/m0/s1. The van der Waals surface area contributed by atoms with Crippen molar-refractivity contribution >= 4 is 11.9 Å². The second kappa shape index (κ2) is 6.41. The minimum absolute atomic E-state index is 0.0644. The number of ether oxygens (including phenoxy) is 1. The van der Waals surface area contributed by atoms with Gasteiger partial charge in [-0.3, -0.25) is 9.59 Å². The number of aliphatic carboxylic acids is 1.